The van der Waals surface area contributed by atoms with E-state index >= 15 is 0 Å². The van der Waals surface area contributed by atoms with E-state index in [0.29, 0.717) is 13.2 Å². The number of hydrogen-bond donors (Lipinski definition) is 2. The Morgan fingerprint density at radius 3 is 3.00 bits per heavy atom. The summed E-state index contributed by atoms with van der Waals surface area (Å²) in [6.07, 6.45) is 0. The van der Waals surface area contributed by atoms with Crippen LogP contribution in [0.1, 0.15) is 6.92 Å². The number of ether oxygens (including phenoxy) is 1. The van der Waals surface area contributed by atoms with Gasteiger partial charge in [-0.3, -0.25) is 0 Å². The zero-order valence-electron chi connectivity index (χ0n) is 9.12. The monoisotopic (exact) mass is 206 g/mol. The summed E-state index contributed by atoms with van der Waals surface area (Å²) in [5.74, 6) is 0. The number of benzene rings is 1. The van der Waals surface area contributed by atoms with Gasteiger partial charge in [-0.2, -0.15) is 0 Å². The molecule has 3 nitrogen and oxygen atoms in total. The molecule has 0 bridgehead atoms. The number of anilines is 2. The van der Waals surface area contributed by atoms with Gasteiger partial charge in [0.05, 0.1) is 13.2 Å². The van der Waals surface area contributed by atoms with Crippen LogP contribution >= 0.6 is 0 Å². The molecule has 0 aromatic heterocycles. The molecule has 0 aliphatic heterocycles. The summed E-state index contributed by atoms with van der Waals surface area (Å²) in [6, 6.07) is 7.67. The number of nitrogen functional groups attached to an aromatic ring is 1. The topological polar surface area (TPSA) is 47.3 Å². The van der Waals surface area contributed by atoms with E-state index in [1.165, 1.54) is 0 Å². The predicted octanol–water partition coefficient (Wildman–Crippen LogP) is 2.27. The van der Waals surface area contributed by atoms with Gasteiger partial charge in [0.15, 0.2) is 0 Å². The fourth-order valence-corrected chi connectivity index (χ4v) is 1.16. The van der Waals surface area contributed by atoms with Crippen molar-refractivity contribution in [2.24, 2.45) is 0 Å². The quantitative estimate of drug-likeness (QED) is 0.426. The smallest absolute Gasteiger partial charge is 0.0672 e. The zero-order chi connectivity index (χ0) is 11.1. The molecule has 0 atom stereocenters. The summed E-state index contributed by atoms with van der Waals surface area (Å²) in [5, 5.41) is 3.22. The highest BCUT2D eigenvalue weighted by molar-refractivity contribution is 5.53. The van der Waals surface area contributed by atoms with Crippen LogP contribution in [0.2, 0.25) is 0 Å². The van der Waals surface area contributed by atoms with E-state index in [9.17, 15) is 0 Å². The Balaban J connectivity index is 2.17. The van der Waals surface area contributed by atoms with E-state index in [4.69, 9.17) is 10.5 Å². The Labute approximate surface area is 90.9 Å². The summed E-state index contributed by atoms with van der Waals surface area (Å²) >= 11 is 0. The van der Waals surface area contributed by atoms with Gasteiger partial charge in [-0.05, 0) is 25.1 Å². The van der Waals surface area contributed by atoms with E-state index in [-0.39, 0.29) is 0 Å². The molecule has 0 saturated carbocycles. The minimum Gasteiger partial charge on any atom is -0.399 e. The molecule has 1 rings (SSSR count). The van der Waals surface area contributed by atoms with Crippen LogP contribution in [0, 0.1) is 0 Å². The van der Waals surface area contributed by atoms with Gasteiger partial charge in [0, 0.05) is 17.9 Å². The van der Waals surface area contributed by atoms with Crippen LogP contribution in [0.25, 0.3) is 0 Å². The Hall–Kier alpha value is -1.48. The molecule has 0 aliphatic rings. The third kappa shape index (κ3) is 5.08. The predicted molar refractivity (Wildman–Crippen MR) is 65.0 cm³/mol. The molecule has 0 amide bonds. The minimum absolute atomic E-state index is 0.624. The third-order valence-corrected chi connectivity index (χ3v) is 1.81. The van der Waals surface area contributed by atoms with Gasteiger partial charge >= 0.3 is 0 Å². The molecule has 0 fully saturated rings. The minimum atomic E-state index is 0.624. The molecule has 0 saturated heterocycles. The van der Waals surface area contributed by atoms with Crippen molar-refractivity contribution in [3.63, 3.8) is 0 Å². The van der Waals surface area contributed by atoms with Crippen molar-refractivity contribution in [1.82, 2.24) is 0 Å². The fraction of sp³-hybridized carbons (Fsp3) is 0.333. The van der Waals surface area contributed by atoms with Crippen LogP contribution in [0.4, 0.5) is 11.4 Å². The molecule has 15 heavy (non-hydrogen) atoms. The molecular weight excluding hydrogens is 188 g/mol. The van der Waals surface area contributed by atoms with Crippen molar-refractivity contribution >= 4 is 11.4 Å². The zero-order valence-corrected chi connectivity index (χ0v) is 9.12. The maximum Gasteiger partial charge on any atom is 0.0672 e. The van der Waals surface area contributed by atoms with Crippen LogP contribution in [0.5, 0.6) is 0 Å². The molecule has 3 heteroatoms. The van der Waals surface area contributed by atoms with Crippen molar-refractivity contribution in [2.75, 3.05) is 30.8 Å². The van der Waals surface area contributed by atoms with Gasteiger partial charge in [-0.15, -0.1) is 0 Å². The maximum atomic E-state index is 5.65. The lowest BCUT2D eigenvalue weighted by molar-refractivity contribution is 0.167. The first-order valence-electron chi connectivity index (χ1n) is 5.00. The Morgan fingerprint density at radius 1 is 1.53 bits per heavy atom. The van der Waals surface area contributed by atoms with Crippen LogP contribution in [0.3, 0.4) is 0 Å². The van der Waals surface area contributed by atoms with E-state index < -0.39 is 0 Å². The Bertz CT molecular complexity index is 323. The molecule has 0 spiro atoms. The Kier molecular flexibility index (Phi) is 4.71. The first-order valence-corrected chi connectivity index (χ1v) is 5.00. The molecule has 0 aliphatic carbocycles. The molecule has 0 heterocycles. The van der Waals surface area contributed by atoms with Gasteiger partial charge in [0.2, 0.25) is 0 Å². The average molecular weight is 206 g/mol. The first kappa shape index (κ1) is 11.6. The highest BCUT2D eigenvalue weighted by Crippen LogP contribution is 2.10. The molecule has 0 unspecified atom stereocenters. The summed E-state index contributed by atoms with van der Waals surface area (Å²) in [7, 11) is 0. The van der Waals surface area contributed by atoms with E-state index in [2.05, 4.69) is 11.9 Å². The lowest BCUT2D eigenvalue weighted by Crippen LogP contribution is -2.10. The average Bonchev–Trinajstić information content (AvgIpc) is 2.17. The van der Waals surface area contributed by atoms with Crippen LogP contribution in [-0.4, -0.2) is 19.8 Å². The van der Waals surface area contributed by atoms with Crippen molar-refractivity contribution in [2.45, 2.75) is 6.92 Å². The first-order chi connectivity index (χ1) is 7.18. The van der Waals surface area contributed by atoms with Gasteiger partial charge in [0.25, 0.3) is 0 Å². The van der Waals surface area contributed by atoms with Gasteiger partial charge in [-0.25, -0.2) is 0 Å². The molecule has 1 aromatic rings. The SMILES string of the molecule is C=C(C)COCCNc1cccc(N)c1. The highest BCUT2D eigenvalue weighted by atomic mass is 16.5. The van der Waals surface area contributed by atoms with Crippen molar-refractivity contribution in [3.8, 4) is 0 Å². The third-order valence-electron chi connectivity index (χ3n) is 1.81. The summed E-state index contributed by atoms with van der Waals surface area (Å²) < 4.78 is 5.35. The van der Waals surface area contributed by atoms with Crippen LogP contribution in [-0.2, 0) is 4.74 Å². The summed E-state index contributed by atoms with van der Waals surface area (Å²) in [6.45, 7) is 7.78. The second-order valence-electron chi connectivity index (χ2n) is 3.56. The van der Waals surface area contributed by atoms with Crippen LogP contribution in [0.15, 0.2) is 36.4 Å². The highest BCUT2D eigenvalue weighted by Gasteiger charge is 1.92. The van der Waals surface area contributed by atoms with Crippen molar-refractivity contribution in [1.29, 1.82) is 0 Å². The van der Waals surface area contributed by atoms with E-state index in [1.54, 1.807) is 0 Å². The van der Waals surface area contributed by atoms with Gasteiger partial charge in [-0.1, -0.05) is 18.2 Å². The summed E-state index contributed by atoms with van der Waals surface area (Å²) in [4.78, 5) is 0. The second-order valence-corrected chi connectivity index (χ2v) is 3.56. The van der Waals surface area contributed by atoms with Crippen molar-refractivity contribution in [3.05, 3.63) is 36.4 Å². The molecular formula is C12H18N2O. The normalized spacial score (nSPS) is 9.93. The van der Waals surface area contributed by atoms with Crippen LogP contribution < -0.4 is 11.1 Å². The Morgan fingerprint density at radius 2 is 2.33 bits per heavy atom. The molecule has 3 N–H and O–H groups in total. The molecule has 1 aromatic carbocycles. The van der Waals surface area contributed by atoms with E-state index in [1.807, 2.05) is 31.2 Å². The fourth-order valence-electron chi connectivity index (χ4n) is 1.16. The van der Waals surface area contributed by atoms with E-state index in [0.717, 1.165) is 23.5 Å². The number of rotatable bonds is 6. The van der Waals surface area contributed by atoms with Crippen molar-refractivity contribution < 1.29 is 4.74 Å². The lowest BCUT2D eigenvalue weighted by atomic mass is 10.3. The van der Waals surface area contributed by atoms with Gasteiger partial charge in [0.1, 0.15) is 0 Å². The lowest BCUT2D eigenvalue weighted by Gasteiger charge is -2.07. The number of hydrogen-bond acceptors (Lipinski definition) is 3. The van der Waals surface area contributed by atoms with Gasteiger partial charge < -0.3 is 15.8 Å². The number of nitrogens with one attached hydrogen (secondary N) is 1. The summed E-state index contributed by atoms with van der Waals surface area (Å²) in [5.41, 5.74) is 8.48. The standard InChI is InChI=1S/C12H18N2O/c1-10(2)9-15-7-6-14-12-5-3-4-11(13)8-12/h3-5,8,14H,1,6-7,9,13H2,2H3. The number of nitrogens with two attached hydrogens (primary N) is 1. The molecule has 82 valence electrons. The largest absolute Gasteiger partial charge is 0.399 e. The molecule has 0 radical (unpaired) electrons. The second kappa shape index (κ2) is 6.09. The maximum absolute atomic E-state index is 5.65.